The normalized spacial score (nSPS) is 13.1. The Morgan fingerprint density at radius 2 is 2.03 bits per heavy atom. The molecule has 0 saturated heterocycles. The number of ether oxygens (including phenoxy) is 1. The van der Waals surface area contributed by atoms with Gasteiger partial charge < -0.3 is 20.2 Å². The lowest BCUT2D eigenvalue weighted by Gasteiger charge is -2.19. The third kappa shape index (κ3) is 5.03. The highest BCUT2D eigenvalue weighted by Gasteiger charge is 2.17. The quantitative estimate of drug-likeness (QED) is 0.309. The van der Waals surface area contributed by atoms with Gasteiger partial charge in [0, 0.05) is 18.8 Å². The van der Waals surface area contributed by atoms with Crippen molar-refractivity contribution in [3.63, 3.8) is 0 Å². The number of rotatable bonds is 8. The number of nitrogens with one attached hydrogen (secondary N) is 1. The lowest BCUT2D eigenvalue weighted by Crippen LogP contribution is -2.17. The molecule has 3 aromatic rings. The van der Waals surface area contributed by atoms with Crippen molar-refractivity contribution in [1.82, 2.24) is 14.7 Å². The molecule has 2 aromatic heterocycles. The third-order valence-electron chi connectivity index (χ3n) is 5.02. The van der Waals surface area contributed by atoms with Crippen molar-refractivity contribution >= 4 is 35.3 Å². The Morgan fingerprint density at radius 3 is 2.69 bits per heavy atom. The number of thioether (sulfide) groups is 1. The van der Waals surface area contributed by atoms with Crippen molar-refractivity contribution in [2.75, 3.05) is 13.3 Å². The summed E-state index contributed by atoms with van der Waals surface area (Å²) in [6.45, 7) is 3.95. The maximum Gasteiger partial charge on any atom is 0.258 e. The highest BCUT2D eigenvalue weighted by atomic mass is 32.2. The summed E-state index contributed by atoms with van der Waals surface area (Å²) >= 11 is 1.24. The van der Waals surface area contributed by atoms with Gasteiger partial charge in [-0.2, -0.15) is 0 Å². The Balaban J connectivity index is 1.96. The fraction of sp³-hybridized carbons (Fsp3) is 0.208. The standard InChI is InChI=1S/C24H26N4O3S/c1-15-7-5-6-8-19(15)16(2)31-20(22(32-4)23(25)29)10-9-18-14-27-21-13-17(24(30)26-3)11-12-28(18)21/h5-14,16H,1-4H3,(H2,25,29)(H,26,30)/b10-9+,22-20+. The fourth-order valence-corrected chi connectivity index (χ4v) is 3.88. The zero-order valence-corrected chi connectivity index (χ0v) is 19.3. The van der Waals surface area contributed by atoms with Gasteiger partial charge in [-0.25, -0.2) is 4.98 Å². The summed E-state index contributed by atoms with van der Waals surface area (Å²) < 4.78 is 8.04. The van der Waals surface area contributed by atoms with Crippen LogP contribution >= 0.6 is 11.8 Å². The number of carbonyl (C=O) groups excluding carboxylic acids is 2. The molecule has 32 heavy (non-hydrogen) atoms. The molecule has 3 N–H and O–H groups in total. The summed E-state index contributed by atoms with van der Waals surface area (Å²) in [6.07, 6.45) is 8.49. The number of amides is 2. The van der Waals surface area contributed by atoms with E-state index in [2.05, 4.69) is 10.3 Å². The second-order valence-corrected chi connectivity index (χ2v) is 7.93. The van der Waals surface area contributed by atoms with E-state index in [1.807, 2.05) is 42.5 Å². The number of nitrogens with zero attached hydrogens (tertiary/aromatic N) is 2. The van der Waals surface area contributed by atoms with E-state index in [-0.39, 0.29) is 12.0 Å². The van der Waals surface area contributed by atoms with Crippen LogP contribution in [0.1, 0.15) is 40.2 Å². The minimum atomic E-state index is -0.553. The van der Waals surface area contributed by atoms with Crippen LogP contribution in [0.4, 0.5) is 0 Å². The van der Waals surface area contributed by atoms with E-state index in [1.165, 1.54) is 11.8 Å². The summed E-state index contributed by atoms with van der Waals surface area (Å²) in [5.41, 5.74) is 9.65. The number of nitrogens with two attached hydrogens (primary N) is 1. The molecule has 0 radical (unpaired) electrons. The topological polar surface area (TPSA) is 98.7 Å². The van der Waals surface area contributed by atoms with Crippen molar-refractivity contribution in [2.45, 2.75) is 20.0 Å². The van der Waals surface area contributed by atoms with Crippen LogP contribution in [0.25, 0.3) is 11.7 Å². The molecule has 0 saturated carbocycles. The molecular weight excluding hydrogens is 424 g/mol. The molecule has 0 aliphatic rings. The van der Waals surface area contributed by atoms with Gasteiger partial charge in [-0.05, 0) is 55.5 Å². The molecule has 0 aliphatic heterocycles. The first-order chi connectivity index (χ1) is 15.3. The van der Waals surface area contributed by atoms with Crippen LogP contribution in [0.3, 0.4) is 0 Å². The highest BCUT2D eigenvalue weighted by molar-refractivity contribution is 8.03. The van der Waals surface area contributed by atoms with E-state index in [4.69, 9.17) is 10.5 Å². The minimum absolute atomic E-state index is 0.178. The molecule has 0 bridgehead atoms. The van der Waals surface area contributed by atoms with Gasteiger partial charge in [0.15, 0.2) is 0 Å². The van der Waals surface area contributed by atoms with E-state index < -0.39 is 5.91 Å². The predicted octanol–water partition coefficient (Wildman–Crippen LogP) is 3.85. The summed E-state index contributed by atoms with van der Waals surface area (Å²) in [6, 6.07) is 11.4. The number of allylic oxidation sites excluding steroid dienone is 1. The lowest BCUT2D eigenvalue weighted by atomic mass is 10.0. The highest BCUT2D eigenvalue weighted by Crippen LogP contribution is 2.28. The molecule has 0 aliphatic carbocycles. The number of aromatic nitrogens is 2. The maximum absolute atomic E-state index is 12.0. The molecule has 8 heteroatoms. The van der Waals surface area contributed by atoms with Gasteiger partial charge >= 0.3 is 0 Å². The van der Waals surface area contributed by atoms with Gasteiger partial charge in [-0.1, -0.05) is 24.3 Å². The zero-order chi connectivity index (χ0) is 23.3. The van der Waals surface area contributed by atoms with Crippen molar-refractivity contribution in [2.24, 2.45) is 5.73 Å². The van der Waals surface area contributed by atoms with Gasteiger partial charge in [0.25, 0.3) is 11.8 Å². The SMILES string of the molecule is CNC(=O)c1ccn2c(/C=C/C(OC(C)c3ccccc3C)=C(\SC)C(N)=O)cnc2c1. The first-order valence-corrected chi connectivity index (χ1v) is 11.3. The summed E-state index contributed by atoms with van der Waals surface area (Å²) in [4.78, 5) is 28.6. The molecule has 1 unspecified atom stereocenters. The van der Waals surface area contributed by atoms with Gasteiger partial charge in [-0.15, -0.1) is 11.8 Å². The van der Waals surface area contributed by atoms with Crippen molar-refractivity contribution in [3.8, 4) is 0 Å². The number of benzene rings is 1. The maximum atomic E-state index is 12.0. The average molecular weight is 451 g/mol. The van der Waals surface area contributed by atoms with Crippen LogP contribution in [-0.4, -0.2) is 34.5 Å². The van der Waals surface area contributed by atoms with Crippen LogP contribution in [0, 0.1) is 6.92 Å². The van der Waals surface area contributed by atoms with Crippen LogP contribution in [0.5, 0.6) is 0 Å². The largest absolute Gasteiger partial charge is 0.485 e. The Morgan fingerprint density at radius 1 is 1.28 bits per heavy atom. The summed E-state index contributed by atoms with van der Waals surface area (Å²) in [5.74, 6) is -0.345. The van der Waals surface area contributed by atoms with Crippen molar-refractivity contribution in [3.05, 3.63) is 87.9 Å². The van der Waals surface area contributed by atoms with E-state index in [1.54, 1.807) is 50.0 Å². The van der Waals surface area contributed by atoms with E-state index >= 15 is 0 Å². The summed E-state index contributed by atoms with van der Waals surface area (Å²) in [5, 5.41) is 2.60. The molecule has 2 amide bonds. The molecule has 2 heterocycles. The number of fused-ring (bicyclic) bond motifs is 1. The number of primary amides is 1. The minimum Gasteiger partial charge on any atom is -0.485 e. The van der Waals surface area contributed by atoms with Gasteiger partial charge in [0.1, 0.15) is 22.4 Å². The molecule has 1 aromatic carbocycles. The Kier molecular flexibility index (Phi) is 7.37. The number of aryl methyl sites for hydroxylation is 1. The molecule has 1 atom stereocenters. The molecule has 166 valence electrons. The zero-order valence-electron chi connectivity index (χ0n) is 18.5. The second kappa shape index (κ2) is 10.2. The predicted molar refractivity (Wildman–Crippen MR) is 128 cm³/mol. The smallest absolute Gasteiger partial charge is 0.258 e. The molecular formula is C24H26N4O3S. The fourth-order valence-electron chi connectivity index (χ4n) is 3.36. The number of hydrogen-bond donors (Lipinski definition) is 2. The van der Waals surface area contributed by atoms with Crippen LogP contribution in [-0.2, 0) is 9.53 Å². The molecule has 3 rings (SSSR count). The molecule has 0 spiro atoms. The Hall–Kier alpha value is -3.52. The van der Waals surface area contributed by atoms with Crippen molar-refractivity contribution < 1.29 is 14.3 Å². The average Bonchev–Trinajstić information content (AvgIpc) is 3.19. The Labute approximate surface area is 191 Å². The van der Waals surface area contributed by atoms with E-state index in [0.29, 0.717) is 21.9 Å². The summed E-state index contributed by atoms with van der Waals surface area (Å²) in [7, 11) is 1.58. The molecule has 0 fully saturated rings. The van der Waals surface area contributed by atoms with E-state index in [9.17, 15) is 9.59 Å². The number of imidazole rings is 1. The number of carbonyl (C=O) groups is 2. The van der Waals surface area contributed by atoms with Crippen LogP contribution < -0.4 is 11.1 Å². The first-order valence-electron chi connectivity index (χ1n) is 10.0. The molecule has 7 nitrogen and oxygen atoms in total. The van der Waals surface area contributed by atoms with Gasteiger partial charge in [0.05, 0.1) is 11.9 Å². The van der Waals surface area contributed by atoms with Gasteiger partial charge in [0.2, 0.25) is 0 Å². The number of hydrogen-bond acceptors (Lipinski definition) is 5. The van der Waals surface area contributed by atoms with Gasteiger partial charge in [-0.3, -0.25) is 9.59 Å². The second-order valence-electron chi connectivity index (χ2n) is 7.12. The number of pyridine rings is 1. The third-order valence-corrected chi connectivity index (χ3v) is 5.83. The Bertz CT molecular complexity index is 1210. The first kappa shape index (κ1) is 23.1. The van der Waals surface area contributed by atoms with Crippen LogP contribution in [0.2, 0.25) is 0 Å². The monoisotopic (exact) mass is 450 g/mol. The lowest BCUT2D eigenvalue weighted by molar-refractivity contribution is -0.114. The van der Waals surface area contributed by atoms with Crippen LogP contribution in [0.15, 0.2) is 65.5 Å². The van der Waals surface area contributed by atoms with E-state index in [0.717, 1.165) is 16.8 Å². The van der Waals surface area contributed by atoms with Crippen molar-refractivity contribution in [1.29, 1.82) is 0 Å².